The van der Waals surface area contributed by atoms with Crippen molar-refractivity contribution in [1.82, 2.24) is 5.32 Å². The molecule has 1 rings (SSSR count). The summed E-state index contributed by atoms with van der Waals surface area (Å²) in [5.74, 6) is 0.354. The van der Waals surface area contributed by atoms with Crippen molar-refractivity contribution in [3.63, 3.8) is 0 Å². The molecule has 0 heterocycles. The molecule has 0 bridgehead atoms. The van der Waals surface area contributed by atoms with Gasteiger partial charge in [-0.3, -0.25) is 4.79 Å². The molecule has 4 nitrogen and oxygen atoms in total. The number of sulfone groups is 1. The van der Waals surface area contributed by atoms with Crippen LogP contribution >= 0.6 is 0 Å². The third kappa shape index (κ3) is 6.99. The zero-order chi connectivity index (χ0) is 17.6. The van der Waals surface area contributed by atoms with E-state index in [1.807, 2.05) is 26.0 Å². The van der Waals surface area contributed by atoms with Crippen LogP contribution in [0.3, 0.4) is 0 Å². The Morgan fingerprint density at radius 1 is 1.13 bits per heavy atom. The zero-order valence-corrected chi connectivity index (χ0v) is 15.4. The molecule has 0 saturated heterocycles. The van der Waals surface area contributed by atoms with Crippen LogP contribution < -0.4 is 5.32 Å². The predicted molar refractivity (Wildman–Crippen MR) is 96.1 cm³/mol. The number of hydrogen-bond acceptors (Lipinski definition) is 3. The van der Waals surface area contributed by atoms with Crippen LogP contribution in [0.5, 0.6) is 0 Å². The van der Waals surface area contributed by atoms with Gasteiger partial charge < -0.3 is 5.32 Å². The Balaban J connectivity index is 2.86. The van der Waals surface area contributed by atoms with Crippen molar-refractivity contribution in [2.75, 3.05) is 18.6 Å². The van der Waals surface area contributed by atoms with Gasteiger partial charge in [-0.15, -0.1) is 0 Å². The van der Waals surface area contributed by atoms with Crippen molar-refractivity contribution < 1.29 is 13.2 Å². The molecular weight excluding hydrogens is 310 g/mol. The topological polar surface area (TPSA) is 63.2 Å². The number of nitrogens with one attached hydrogen (secondary N) is 1. The third-order valence-electron chi connectivity index (χ3n) is 3.59. The zero-order valence-electron chi connectivity index (χ0n) is 14.6. The molecule has 128 valence electrons. The molecule has 1 amide bonds. The van der Waals surface area contributed by atoms with Crippen LogP contribution in [-0.4, -0.2) is 32.9 Å². The molecule has 0 unspecified atom stereocenters. The monoisotopic (exact) mass is 337 g/mol. The van der Waals surface area contributed by atoms with Gasteiger partial charge >= 0.3 is 0 Å². The lowest BCUT2D eigenvalue weighted by molar-refractivity contribution is -0.116. The molecule has 5 heteroatoms. The normalized spacial score (nSPS) is 12.7. The van der Waals surface area contributed by atoms with Gasteiger partial charge in [0.2, 0.25) is 5.91 Å². The van der Waals surface area contributed by atoms with Crippen molar-refractivity contribution in [1.29, 1.82) is 0 Å². The van der Waals surface area contributed by atoms with Crippen LogP contribution in [0.1, 0.15) is 44.7 Å². The Labute approximate surface area is 139 Å². The first-order chi connectivity index (χ1) is 10.6. The van der Waals surface area contributed by atoms with Crippen LogP contribution in [0, 0.1) is 5.92 Å². The highest BCUT2D eigenvalue weighted by Crippen LogP contribution is 2.25. The first-order valence-corrected chi connectivity index (χ1v) is 9.93. The van der Waals surface area contributed by atoms with Crippen molar-refractivity contribution >= 4 is 21.3 Å². The summed E-state index contributed by atoms with van der Waals surface area (Å²) in [5, 5.41) is 2.63. The first kappa shape index (κ1) is 19.4. The summed E-state index contributed by atoms with van der Waals surface area (Å²) < 4.78 is 22.2. The van der Waals surface area contributed by atoms with Crippen LogP contribution in [0.2, 0.25) is 0 Å². The molecule has 0 aromatic heterocycles. The van der Waals surface area contributed by atoms with E-state index in [2.05, 4.69) is 31.3 Å². The number of allylic oxidation sites excluding steroid dienone is 1. The van der Waals surface area contributed by atoms with Gasteiger partial charge in [-0.2, -0.15) is 0 Å². The van der Waals surface area contributed by atoms with Crippen molar-refractivity contribution in [3.05, 3.63) is 41.5 Å². The lowest BCUT2D eigenvalue weighted by atomic mass is 9.92. The average Bonchev–Trinajstić information content (AvgIpc) is 2.43. The second-order valence-corrected chi connectivity index (χ2v) is 8.71. The molecule has 1 aromatic carbocycles. The Hall–Kier alpha value is -1.62. The van der Waals surface area contributed by atoms with Crippen LogP contribution in [-0.2, 0) is 14.6 Å². The summed E-state index contributed by atoms with van der Waals surface area (Å²) in [6.07, 6.45) is 2.72. The molecule has 0 aliphatic rings. The average molecular weight is 337 g/mol. The molecule has 0 fully saturated rings. The van der Waals surface area contributed by atoms with Crippen LogP contribution in [0.25, 0.3) is 5.57 Å². The van der Waals surface area contributed by atoms with Gasteiger partial charge in [0.1, 0.15) is 9.84 Å². The molecule has 1 aromatic rings. The summed E-state index contributed by atoms with van der Waals surface area (Å²) in [6.45, 7) is 8.48. The minimum atomic E-state index is -3.07. The second-order valence-electron chi connectivity index (χ2n) is 6.45. The molecule has 0 saturated carbocycles. The molecule has 0 aliphatic heterocycles. The summed E-state index contributed by atoms with van der Waals surface area (Å²) in [7, 11) is -3.07. The maximum atomic E-state index is 12.0. The Kier molecular flexibility index (Phi) is 7.01. The van der Waals surface area contributed by atoms with Crippen molar-refractivity contribution in [2.45, 2.75) is 33.6 Å². The SMILES string of the molecule is CC(C)/C(=C\C(=O)NCCS(C)(=O)=O)c1ccc(C(C)C)cc1. The summed E-state index contributed by atoms with van der Waals surface area (Å²) in [5.41, 5.74) is 3.22. The molecule has 0 aliphatic carbocycles. The van der Waals surface area contributed by atoms with E-state index in [4.69, 9.17) is 0 Å². The fourth-order valence-electron chi connectivity index (χ4n) is 2.20. The van der Waals surface area contributed by atoms with E-state index in [1.54, 1.807) is 6.08 Å². The minimum Gasteiger partial charge on any atom is -0.352 e. The van der Waals surface area contributed by atoms with E-state index >= 15 is 0 Å². The Bertz CT molecular complexity index is 656. The van der Waals surface area contributed by atoms with Crippen LogP contribution in [0.15, 0.2) is 30.3 Å². The maximum absolute atomic E-state index is 12.0. The van der Waals surface area contributed by atoms with Crippen molar-refractivity contribution in [3.8, 4) is 0 Å². The van der Waals surface area contributed by atoms with E-state index in [-0.39, 0.29) is 24.1 Å². The van der Waals surface area contributed by atoms with Gasteiger partial charge in [0.15, 0.2) is 0 Å². The quantitative estimate of drug-likeness (QED) is 0.778. The second kappa shape index (κ2) is 8.29. The highest BCUT2D eigenvalue weighted by Gasteiger charge is 2.10. The number of hydrogen-bond donors (Lipinski definition) is 1. The standard InChI is InChI=1S/C18H27NO3S/c1-13(2)15-6-8-16(9-7-15)17(14(3)4)12-18(20)19-10-11-23(5,21)22/h6-9,12-14H,10-11H2,1-5H3,(H,19,20)/b17-12+. The fraction of sp³-hybridized carbons (Fsp3) is 0.500. The first-order valence-electron chi connectivity index (χ1n) is 7.87. The van der Waals surface area contributed by atoms with E-state index < -0.39 is 9.84 Å². The summed E-state index contributed by atoms with van der Waals surface area (Å²) in [4.78, 5) is 12.0. The van der Waals surface area contributed by atoms with E-state index in [0.717, 1.165) is 17.4 Å². The van der Waals surface area contributed by atoms with E-state index in [1.165, 1.54) is 5.56 Å². The number of carbonyl (C=O) groups excluding carboxylic acids is 1. The Morgan fingerprint density at radius 2 is 1.70 bits per heavy atom. The molecule has 23 heavy (non-hydrogen) atoms. The number of carbonyl (C=O) groups is 1. The lowest BCUT2D eigenvalue weighted by Crippen LogP contribution is -2.27. The van der Waals surface area contributed by atoms with Gasteiger partial charge in [0.05, 0.1) is 5.75 Å². The van der Waals surface area contributed by atoms with E-state index in [9.17, 15) is 13.2 Å². The van der Waals surface area contributed by atoms with Gasteiger partial charge in [-0.05, 0) is 28.5 Å². The molecule has 0 spiro atoms. The highest BCUT2D eigenvalue weighted by atomic mass is 32.2. The van der Waals surface area contributed by atoms with Gasteiger partial charge in [0, 0.05) is 18.9 Å². The molecular formula is C18H27NO3S. The van der Waals surface area contributed by atoms with Gasteiger partial charge in [0.25, 0.3) is 0 Å². The smallest absolute Gasteiger partial charge is 0.244 e. The lowest BCUT2D eigenvalue weighted by Gasteiger charge is -2.14. The van der Waals surface area contributed by atoms with E-state index in [0.29, 0.717) is 5.92 Å². The number of benzene rings is 1. The summed E-state index contributed by atoms with van der Waals surface area (Å²) >= 11 is 0. The molecule has 0 atom stereocenters. The predicted octanol–water partition coefficient (Wildman–Crippen LogP) is 3.01. The van der Waals surface area contributed by atoms with Gasteiger partial charge in [-0.1, -0.05) is 52.0 Å². The Morgan fingerprint density at radius 3 is 2.13 bits per heavy atom. The third-order valence-corrected chi connectivity index (χ3v) is 4.54. The molecule has 0 radical (unpaired) electrons. The largest absolute Gasteiger partial charge is 0.352 e. The number of rotatable bonds is 7. The fourth-order valence-corrected chi connectivity index (χ4v) is 2.67. The van der Waals surface area contributed by atoms with Crippen molar-refractivity contribution in [2.24, 2.45) is 5.92 Å². The molecule has 1 N–H and O–H groups in total. The summed E-state index contributed by atoms with van der Waals surface area (Å²) in [6, 6.07) is 8.23. The number of amides is 1. The van der Waals surface area contributed by atoms with Gasteiger partial charge in [-0.25, -0.2) is 8.42 Å². The minimum absolute atomic E-state index is 0.0489. The maximum Gasteiger partial charge on any atom is 0.244 e. The van der Waals surface area contributed by atoms with Crippen LogP contribution in [0.4, 0.5) is 0 Å². The highest BCUT2D eigenvalue weighted by molar-refractivity contribution is 7.90.